The number of nitrogens with zero attached hydrogens (tertiary/aromatic N) is 1. The first-order chi connectivity index (χ1) is 14.4. The van der Waals surface area contributed by atoms with Crippen molar-refractivity contribution >= 4 is 23.5 Å². The number of carbonyl (C=O) groups is 3. The lowest BCUT2D eigenvalue weighted by molar-refractivity contribution is -0.117. The van der Waals surface area contributed by atoms with Crippen molar-refractivity contribution in [2.45, 2.75) is 25.4 Å². The standard InChI is InChI=1S/C22H23FN2O5/c1-29-21(27)15-9-16(22(28)30-2)11-17(10-15)24-20(26)13-25(18-7-8-18)12-14-5-3-4-6-19(14)23/h3-6,9-11,18H,7-8,12-13H2,1-2H3,(H,24,26). The van der Waals surface area contributed by atoms with Crippen molar-refractivity contribution in [2.24, 2.45) is 0 Å². The lowest BCUT2D eigenvalue weighted by atomic mass is 10.1. The Morgan fingerprint density at radius 1 is 1.03 bits per heavy atom. The van der Waals surface area contributed by atoms with E-state index in [-0.39, 0.29) is 41.1 Å². The van der Waals surface area contributed by atoms with Crippen molar-refractivity contribution in [1.82, 2.24) is 4.90 Å². The summed E-state index contributed by atoms with van der Waals surface area (Å²) in [6.07, 6.45) is 1.90. The van der Waals surface area contributed by atoms with E-state index in [9.17, 15) is 18.8 Å². The Morgan fingerprint density at radius 2 is 1.63 bits per heavy atom. The van der Waals surface area contributed by atoms with E-state index in [4.69, 9.17) is 9.47 Å². The molecule has 1 N–H and O–H groups in total. The number of carbonyl (C=O) groups excluding carboxylic acids is 3. The van der Waals surface area contributed by atoms with Crippen molar-refractivity contribution in [3.63, 3.8) is 0 Å². The van der Waals surface area contributed by atoms with E-state index < -0.39 is 11.9 Å². The van der Waals surface area contributed by atoms with Crippen LogP contribution in [0.2, 0.25) is 0 Å². The normalized spacial score (nSPS) is 13.1. The number of benzene rings is 2. The Hall–Kier alpha value is -3.26. The summed E-state index contributed by atoms with van der Waals surface area (Å²) in [5.74, 6) is -1.93. The Morgan fingerprint density at radius 3 is 2.17 bits per heavy atom. The number of ether oxygens (including phenoxy) is 2. The fraction of sp³-hybridized carbons (Fsp3) is 0.318. The molecular formula is C22H23FN2O5. The Bertz CT molecular complexity index is 924. The lowest BCUT2D eigenvalue weighted by Gasteiger charge is -2.22. The SMILES string of the molecule is COC(=O)c1cc(NC(=O)CN(Cc2ccccc2F)C2CC2)cc(C(=O)OC)c1. The van der Waals surface area contributed by atoms with Gasteiger partial charge in [0.05, 0.1) is 31.9 Å². The molecule has 30 heavy (non-hydrogen) atoms. The van der Waals surface area contributed by atoms with E-state index in [0.29, 0.717) is 12.1 Å². The molecule has 1 aliphatic rings. The van der Waals surface area contributed by atoms with Gasteiger partial charge in [-0.1, -0.05) is 18.2 Å². The second-order valence-electron chi connectivity index (χ2n) is 7.06. The number of rotatable bonds is 8. The van der Waals surface area contributed by atoms with Gasteiger partial charge in [-0.3, -0.25) is 9.69 Å². The van der Waals surface area contributed by atoms with E-state index in [1.807, 2.05) is 4.90 Å². The molecule has 8 heteroatoms. The van der Waals surface area contributed by atoms with Gasteiger partial charge in [-0.05, 0) is 37.1 Å². The lowest BCUT2D eigenvalue weighted by Crippen LogP contribution is -2.34. The number of amides is 1. The minimum Gasteiger partial charge on any atom is -0.465 e. The Labute approximate surface area is 173 Å². The highest BCUT2D eigenvalue weighted by atomic mass is 19.1. The molecule has 0 aliphatic heterocycles. The smallest absolute Gasteiger partial charge is 0.337 e. The van der Waals surface area contributed by atoms with Crippen LogP contribution in [-0.2, 0) is 20.8 Å². The number of hydrogen-bond acceptors (Lipinski definition) is 6. The summed E-state index contributed by atoms with van der Waals surface area (Å²) >= 11 is 0. The molecule has 0 aromatic heterocycles. The second kappa shape index (κ2) is 9.49. The Kier molecular flexibility index (Phi) is 6.79. The van der Waals surface area contributed by atoms with Gasteiger partial charge in [0.2, 0.25) is 5.91 Å². The molecule has 0 bridgehead atoms. The monoisotopic (exact) mass is 414 g/mol. The van der Waals surface area contributed by atoms with E-state index in [1.54, 1.807) is 18.2 Å². The summed E-state index contributed by atoms with van der Waals surface area (Å²) in [5.41, 5.74) is 1.02. The van der Waals surface area contributed by atoms with Crippen molar-refractivity contribution in [1.29, 1.82) is 0 Å². The van der Waals surface area contributed by atoms with Gasteiger partial charge in [0.25, 0.3) is 0 Å². The topological polar surface area (TPSA) is 84.9 Å². The first kappa shape index (κ1) is 21.4. The molecule has 3 rings (SSSR count). The van der Waals surface area contributed by atoms with E-state index >= 15 is 0 Å². The summed E-state index contributed by atoms with van der Waals surface area (Å²) in [4.78, 5) is 38.4. The van der Waals surface area contributed by atoms with Crippen molar-refractivity contribution in [3.05, 3.63) is 65.0 Å². The largest absolute Gasteiger partial charge is 0.465 e. The van der Waals surface area contributed by atoms with Gasteiger partial charge in [-0.2, -0.15) is 0 Å². The van der Waals surface area contributed by atoms with Crippen LogP contribution in [0.4, 0.5) is 10.1 Å². The summed E-state index contributed by atoms with van der Waals surface area (Å²) in [6.45, 7) is 0.370. The fourth-order valence-corrected chi connectivity index (χ4v) is 3.16. The van der Waals surface area contributed by atoms with Crippen LogP contribution < -0.4 is 5.32 Å². The van der Waals surface area contributed by atoms with Gasteiger partial charge in [0.1, 0.15) is 5.82 Å². The van der Waals surface area contributed by atoms with Gasteiger partial charge in [0, 0.05) is 23.8 Å². The van der Waals surface area contributed by atoms with Crippen LogP contribution in [0.3, 0.4) is 0 Å². The van der Waals surface area contributed by atoms with Crippen LogP contribution in [-0.4, -0.2) is 49.6 Å². The molecule has 7 nitrogen and oxygen atoms in total. The van der Waals surface area contributed by atoms with E-state index in [2.05, 4.69) is 5.32 Å². The summed E-state index contributed by atoms with van der Waals surface area (Å²) in [6, 6.07) is 10.9. The second-order valence-corrected chi connectivity index (χ2v) is 7.06. The molecular weight excluding hydrogens is 391 g/mol. The minimum absolute atomic E-state index is 0.0506. The summed E-state index contributed by atoms with van der Waals surface area (Å²) < 4.78 is 23.4. The Balaban J connectivity index is 1.74. The molecule has 0 heterocycles. The van der Waals surface area contributed by atoms with Crippen LogP contribution in [0.15, 0.2) is 42.5 Å². The van der Waals surface area contributed by atoms with Crippen LogP contribution in [0, 0.1) is 5.82 Å². The predicted octanol–water partition coefficient (Wildman–Crippen LogP) is 3.00. The maximum atomic E-state index is 14.0. The first-order valence-electron chi connectivity index (χ1n) is 9.50. The maximum Gasteiger partial charge on any atom is 0.337 e. The van der Waals surface area contributed by atoms with Gasteiger partial charge in [0.15, 0.2) is 0 Å². The summed E-state index contributed by atoms with van der Waals surface area (Å²) in [7, 11) is 2.45. The molecule has 0 spiro atoms. The van der Waals surface area contributed by atoms with E-state index in [1.165, 1.54) is 38.5 Å². The van der Waals surface area contributed by atoms with Crippen molar-refractivity contribution < 1.29 is 28.2 Å². The van der Waals surface area contributed by atoms with Gasteiger partial charge in [-0.25, -0.2) is 14.0 Å². The molecule has 1 amide bonds. The zero-order valence-corrected chi connectivity index (χ0v) is 16.8. The molecule has 0 radical (unpaired) electrons. The number of esters is 2. The number of hydrogen-bond donors (Lipinski definition) is 1. The maximum absolute atomic E-state index is 14.0. The quantitative estimate of drug-likeness (QED) is 0.669. The highest BCUT2D eigenvalue weighted by Gasteiger charge is 2.31. The van der Waals surface area contributed by atoms with Crippen molar-refractivity contribution in [2.75, 3.05) is 26.1 Å². The number of nitrogens with one attached hydrogen (secondary N) is 1. The minimum atomic E-state index is -0.643. The molecule has 2 aromatic rings. The van der Waals surface area contributed by atoms with E-state index in [0.717, 1.165) is 12.8 Å². The zero-order valence-electron chi connectivity index (χ0n) is 16.8. The first-order valence-corrected chi connectivity index (χ1v) is 9.50. The van der Waals surface area contributed by atoms with Crippen LogP contribution >= 0.6 is 0 Å². The predicted molar refractivity (Wildman–Crippen MR) is 108 cm³/mol. The highest BCUT2D eigenvalue weighted by molar-refractivity contribution is 5.99. The molecule has 0 unspecified atom stereocenters. The molecule has 158 valence electrons. The third-order valence-corrected chi connectivity index (χ3v) is 4.80. The molecule has 0 saturated heterocycles. The average Bonchev–Trinajstić information content (AvgIpc) is 3.58. The molecule has 1 aliphatic carbocycles. The third-order valence-electron chi connectivity index (χ3n) is 4.80. The molecule has 1 fully saturated rings. The number of methoxy groups -OCH3 is 2. The molecule has 2 aromatic carbocycles. The van der Waals surface area contributed by atoms with Gasteiger partial charge in [-0.15, -0.1) is 0 Å². The molecule has 0 atom stereocenters. The van der Waals surface area contributed by atoms with Crippen molar-refractivity contribution in [3.8, 4) is 0 Å². The van der Waals surface area contributed by atoms with Gasteiger partial charge < -0.3 is 14.8 Å². The van der Waals surface area contributed by atoms with Crippen LogP contribution in [0.1, 0.15) is 39.1 Å². The number of anilines is 1. The number of halogens is 1. The molecule has 1 saturated carbocycles. The highest BCUT2D eigenvalue weighted by Crippen LogP contribution is 2.28. The summed E-state index contributed by atoms with van der Waals surface area (Å²) in [5, 5.41) is 2.70. The van der Waals surface area contributed by atoms with Crippen LogP contribution in [0.5, 0.6) is 0 Å². The fourth-order valence-electron chi connectivity index (χ4n) is 3.16. The average molecular weight is 414 g/mol. The van der Waals surface area contributed by atoms with Crippen LogP contribution in [0.25, 0.3) is 0 Å². The third kappa shape index (κ3) is 5.42. The zero-order chi connectivity index (χ0) is 21.7. The van der Waals surface area contributed by atoms with Gasteiger partial charge >= 0.3 is 11.9 Å².